The van der Waals surface area contributed by atoms with Gasteiger partial charge < -0.3 is 10.6 Å². The number of carbonyl (C=O) groups is 3. The van der Waals surface area contributed by atoms with Gasteiger partial charge in [-0.2, -0.15) is 0 Å². The second-order valence-corrected chi connectivity index (χ2v) is 6.88. The van der Waals surface area contributed by atoms with Crippen molar-refractivity contribution in [2.75, 3.05) is 13.1 Å². The van der Waals surface area contributed by atoms with Crippen LogP contribution in [0.15, 0.2) is 60.7 Å². The number of rotatable bonds is 4. The zero-order chi connectivity index (χ0) is 18.2. The molecule has 2 saturated heterocycles. The van der Waals surface area contributed by atoms with Gasteiger partial charge in [-0.05, 0) is 24.0 Å². The normalized spacial score (nSPS) is 27.8. The van der Waals surface area contributed by atoms with E-state index in [4.69, 9.17) is 0 Å². The molecular formula is C21H20N2O3. The summed E-state index contributed by atoms with van der Waals surface area (Å²) in [5.41, 5.74) is -1.37. The van der Waals surface area contributed by atoms with Gasteiger partial charge in [-0.25, -0.2) is 0 Å². The molecule has 2 aromatic carbocycles. The second-order valence-electron chi connectivity index (χ2n) is 6.88. The summed E-state index contributed by atoms with van der Waals surface area (Å²) in [6, 6.07) is 18.2. The maximum atomic E-state index is 14.0. The van der Waals surface area contributed by atoms with Crippen LogP contribution in [0, 0.1) is 0 Å². The van der Waals surface area contributed by atoms with Crippen LogP contribution in [0.4, 0.5) is 0 Å². The Kier molecular flexibility index (Phi) is 3.87. The van der Waals surface area contributed by atoms with Crippen molar-refractivity contribution in [2.24, 2.45) is 0 Å². The summed E-state index contributed by atoms with van der Waals surface area (Å²) >= 11 is 0. The van der Waals surface area contributed by atoms with Crippen LogP contribution < -0.4 is 10.6 Å². The maximum Gasteiger partial charge on any atom is 0.238 e. The van der Waals surface area contributed by atoms with Gasteiger partial charge in [-0.15, -0.1) is 0 Å². The highest BCUT2D eigenvalue weighted by molar-refractivity contribution is 6.25. The van der Waals surface area contributed by atoms with Gasteiger partial charge in [0.15, 0.2) is 5.78 Å². The van der Waals surface area contributed by atoms with Crippen LogP contribution in [0.5, 0.6) is 0 Å². The number of amides is 2. The predicted molar refractivity (Wildman–Crippen MR) is 96.5 cm³/mol. The quantitative estimate of drug-likeness (QED) is 0.822. The molecule has 2 heterocycles. The van der Waals surface area contributed by atoms with E-state index in [0.29, 0.717) is 37.1 Å². The van der Waals surface area contributed by atoms with E-state index in [1.165, 1.54) is 0 Å². The van der Waals surface area contributed by atoms with Crippen molar-refractivity contribution in [1.82, 2.24) is 10.6 Å². The zero-order valence-electron chi connectivity index (χ0n) is 14.3. The molecule has 2 N–H and O–H groups in total. The Hall–Kier alpha value is -2.95. The number of benzene rings is 2. The fourth-order valence-electron chi connectivity index (χ4n) is 4.31. The molecule has 0 spiro atoms. The van der Waals surface area contributed by atoms with Crippen LogP contribution in [0.3, 0.4) is 0 Å². The summed E-state index contributed by atoms with van der Waals surface area (Å²) in [6.45, 7) is 0.845. The van der Waals surface area contributed by atoms with E-state index in [1.54, 1.807) is 24.3 Å². The Labute approximate surface area is 151 Å². The first kappa shape index (κ1) is 16.5. The lowest BCUT2D eigenvalue weighted by atomic mass is 9.62. The number of ketones is 1. The molecule has 2 aliphatic heterocycles. The molecule has 5 heteroatoms. The minimum Gasteiger partial charge on any atom is -0.355 e. The number of carbonyl (C=O) groups excluding carboxylic acids is 3. The molecule has 0 saturated carbocycles. The fraction of sp³-hybridized carbons (Fsp3) is 0.286. The van der Waals surface area contributed by atoms with Crippen LogP contribution in [0.1, 0.15) is 24.0 Å². The monoisotopic (exact) mass is 348 g/mol. The summed E-state index contributed by atoms with van der Waals surface area (Å²) in [4.78, 5) is 39.8. The Bertz CT molecular complexity index is 794. The van der Waals surface area contributed by atoms with Crippen molar-refractivity contribution in [2.45, 2.75) is 23.7 Å². The van der Waals surface area contributed by atoms with Crippen molar-refractivity contribution in [3.8, 4) is 0 Å². The van der Waals surface area contributed by atoms with Crippen molar-refractivity contribution in [3.05, 3.63) is 71.8 Å². The van der Waals surface area contributed by atoms with Gasteiger partial charge in [0.05, 0.1) is 0 Å². The summed E-state index contributed by atoms with van der Waals surface area (Å²) in [5.74, 6) is -0.959. The van der Waals surface area contributed by atoms with Gasteiger partial charge in [0, 0.05) is 13.1 Å². The van der Waals surface area contributed by atoms with Gasteiger partial charge in [0.25, 0.3) is 0 Å². The molecule has 2 unspecified atom stereocenters. The Morgan fingerprint density at radius 1 is 0.692 bits per heavy atom. The zero-order valence-corrected chi connectivity index (χ0v) is 14.3. The molecule has 0 aromatic heterocycles. The van der Waals surface area contributed by atoms with Gasteiger partial charge in [-0.3, -0.25) is 14.4 Å². The van der Waals surface area contributed by atoms with Gasteiger partial charge in [-0.1, -0.05) is 60.7 Å². The highest BCUT2D eigenvalue weighted by Crippen LogP contribution is 2.44. The number of nitrogens with one attached hydrogen (secondary N) is 2. The first-order chi connectivity index (χ1) is 12.6. The number of Topliss-reactive ketones (excluding diaryl/α,β-unsaturated/α-hetero) is 1. The summed E-state index contributed by atoms with van der Waals surface area (Å²) < 4.78 is 0. The smallest absolute Gasteiger partial charge is 0.238 e. The Morgan fingerprint density at radius 3 is 1.38 bits per heavy atom. The lowest BCUT2D eigenvalue weighted by Crippen LogP contribution is -2.55. The third-order valence-corrected chi connectivity index (χ3v) is 5.65. The average Bonchev–Trinajstić information content (AvgIpc) is 3.27. The molecular weight excluding hydrogens is 328 g/mol. The largest absolute Gasteiger partial charge is 0.355 e. The average molecular weight is 348 g/mol. The fourth-order valence-corrected chi connectivity index (χ4v) is 4.31. The van der Waals surface area contributed by atoms with Crippen LogP contribution in [0.25, 0.3) is 0 Å². The standard InChI is InChI=1S/C21H20N2O3/c24-17(20(11-13-22-18(20)25)15-7-3-1-4-8-15)21(12-14-23-19(21)26)16-9-5-2-6-10-16/h1-10H,11-14H2,(H,22,25)(H,23,26). The lowest BCUT2D eigenvalue weighted by Gasteiger charge is -2.35. The molecule has 2 aliphatic rings. The first-order valence-electron chi connectivity index (χ1n) is 8.85. The SMILES string of the molecule is O=C1NCCC1(C(=O)C1(c2ccccc2)CCNC1=O)c1ccccc1. The van der Waals surface area contributed by atoms with E-state index in [9.17, 15) is 14.4 Å². The van der Waals surface area contributed by atoms with E-state index in [0.717, 1.165) is 0 Å². The molecule has 132 valence electrons. The third kappa shape index (κ3) is 2.13. The molecule has 2 atom stereocenters. The summed E-state index contributed by atoms with van der Waals surface area (Å²) in [5, 5.41) is 5.61. The molecule has 0 bridgehead atoms. The lowest BCUT2D eigenvalue weighted by molar-refractivity contribution is -0.141. The van der Waals surface area contributed by atoms with Crippen molar-refractivity contribution in [1.29, 1.82) is 0 Å². The van der Waals surface area contributed by atoms with Gasteiger partial charge in [0.2, 0.25) is 11.8 Å². The predicted octanol–water partition coefficient (Wildman–Crippen LogP) is 1.47. The highest BCUT2D eigenvalue weighted by Gasteiger charge is 2.62. The van der Waals surface area contributed by atoms with Crippen molar-refractivity contribution < 1.29 is 14.4 Å². The summed E-state index contributed by atoms with van der Waals surface area (Å²) in [6.07, 6.45) is 0.715. The van der Waals surface area contributed by atoms with Crippen molar-refractivity contribution >= 4 is 17.6 Å². The van der Waals surface area contributed by atoms with E-state index < -0.39 is 10.8 Å². The Morgan fingerprint density at radius 2 is 1.08 bits per heavy atom. The van der Waals surface area contributed by atoms with Crippen LogP contribution in [-0.2, 0) is 25.2 Å². The second kappa shape index (κ2) is 6.09. The van der Waals surface area contributed by atoms with Crippen molar-refractivity contribution in [3.63, 3.8) is 0 Å². The van der Waals surface area contributed by atoms with E-state index in [2.05, 4.69) is 10.6 Å². The van der Waals surface area contributed by atoms with E-state index in [1.807, 2.05) is 36.4 Å². The Balaban J connectivity index is 1.93. The van der Waals surface area contributed by atoms with E-state index in [-0.39, 0.29) is 17.6 Å². The molecule has 0 radical (unpaired) electrons. The molecule has 0 aliphatic carbocycles. The molecule has 2 fully saturated rings. The van der Waals surface area contributed by atoms with Crippen LogP contribution in [-0.4, -0.2) is 30.7 Å². The minimum atomic E-state index is -1.33. The molecule has 5 nitrogen and oxygen atoms in total. The molecule has 4 rings (SSSR count). The number of hydrogen-bond donors (Lipinski definition) is 2. The van der Waals surface area contributed by atoms with E-state index >= 15 is 0 Å². The van der Waals surface area contributed by atoms with Gasteiger partial charge >= 0.3 is 0 Å². The maximum absolute atomic E-state index is 14.0. The van der Waals surface area contributed by atoms with Crippen LogP contribution >= 0.6 is 0 Å². The van der Waals surface area contributed by atoms with Gasteiger partial charge in [0.1, 0.15) is 10.8 Å². The molecule has 2 amide bonds. The van der Waals surface area contributed by atoms with Crippen LogP contribution in [0.2, 0.25) is 0 Å². The first-order valence-corrected chi connectivity index (χ1v) is 8.85. The third-order valence-electron chi connectivity index (χ3n) is 5.65. The minimum absolute atomic E-state index is 0.316. The molecule has 26 heavy (non-hydrogen) atoms. The topological polar surface area (TPSA) is 75.3 Å². The molecule has 2 aromatic rings. The highest BCUT2D eigenvalue weighted by atomic mass is 16.2. The summed E-state index contributed by atoms with van der Waals surface area (Å²) in [7, 11) is 0. The number of hydrogen-bond acceptors (Lipinski definition) is 3.